The maximum Gasteiger partial charge on any atom is 0.224 e. The molecule has 1 aliphatic heterocycles. The zero-order chi connectivity index (χ0) is 22.3. The molecular weight excluding hydrogens is 418 g/mol. The molecule has 0 spiro atoms. The van der Waals surface area contributed by atoms with Crippen molar-refractivity contribution in [3.05, 3.63) is 82.6 Å². The van der Waals surface area contributed by atoms with Crippen molar-refractivity contribution in [2.45, 2.75) is 25.4 Å². The molecule has 3 aromatic rings. The number of piperazine rings is 1. The van der Waals surface area contributed by atoms with Crippen molar-refractivity contribution in [1.82, 2.24) is 10.2 Å². The normalized spacial score (nSPS) is 16.4. The smallest absolute Gasteiger partial charge is 0.224 e. The number of carbonyl (C=O) groups excluding carboxylic acids is 1. The van der Waals surface area contributed by atoms with Crippen LogP contribution in [0.4, 0.5) is 5.69 Å². The first-order chi connectivity index (χ1) is 15.6. The van der Waals surface area contributed by atoms with Gasteiger partial charge in [0.1, 0.15) is 5.75 Å². The number of hydrogen-bond donors (Lipinski definition) is 1. The van der Waals surface area contributed by atoms with Gasteiger partial charge in [-0.3, -0.25) is 9.69 Å². The van der Waals surface area contributed by atoms with Crippen LogP contribution in [0.1, 0.15) is 23.4 Å². The second kappa shape index (κ2) is 10.7. The molecule has 32 heavy (non-hydrogen) atoms. The molecular formula is C26H31N3O2S. The Kier molecular flexibility index (Phi) is 7.45. The number of para-hydroxylation sites is 1. The molecule has 0 bridgehead atoms. The van der Waals surface area contributed by atoms with Gasteiger partial charge in [-0.15, -0.1) is 11.3 Å². The minimum Gasteiger partial charge on any atom is -0.497 e. The highest BCUT2D eigenvalue weighted by Gasteiger charge is 2.30. The van der Waals surface area contributed by atoms with E-state index in [4.69, 9.17) is 4.74 Å². The largest absolute Gasteiger partial charge is 0.497 e. The second-order valence-corrected chi connectivity index (χ2v) is 9.18. The van der Waals surface area contributed by atoms with Crippen LogP contribution in [0, 0.1) is 0 Å². The summed E-state index contributed by atoms with van der Waals surface area (Å²) in [5.74, 6) is 0.849. The molecule has 1 aromatic heterocycles. The van der Waals surface area contributed by atoms with Crippen LogP contribution in [-0.2, 0) is 11.2 Å². The molecule has 1 saturated heterocycles. The molecule has 6 heteroatoms. The Labute approximate surface area is 194 Å². The number of benzene rings is 2. The standard InChI is InChI=1S/C26H31N3O2S/c1-20(27-25(30)19-21-10-12-23(31-2)13-11-21)26(24-9-6-18-32-24)29-16-14-28(15-17-29)22-7-4-3-5-8-22/h3-13,18,20,26H,14-17,19H2,1-2H3,(H,27,30). The molecule has 0 aliphatic carbocycles. The van der Waals surface area contributed by atoms with Gasteiger partial charge in [0.2, 0.25) is 5.91 Å². The van der Waals surface area contributed by atoms with Crippen LogP contribution in [0.25, 0.3) is 0 Å². The third kappa shape index (κ3) is 5.50. The summed E-state index contributed by atoms with van der Waals surface area (Å²) < 4.78 is 5.21. The van der Waals surface area contributed by atoms with Crippen molar-refractivity contribution in [2.24, 2.45) is 0 Å². The van der Waals surface area contributed by atoms with E-state index in [2.05, 4.69) is 69.9 Å². The Morgan fingerprint density at radius 2 is 1.72 bits per heavy atom. The van der Waals surface area contributed by atoms with E-state index in [1.165, 1.54) is 10.6 Å². The van der Waals surface area contributed by atoms with E-state index in [0.29, 0.717) is 6.42 Å². The summed E-state index contributed by atoms with van der Waals surface area (Å²) in [6.45, 7) is 6.03. The Balaban J connectivity index is 1.40. The van der Waals surface area contributed by atoms with Crippen molar-refractivity contribution in [3.63, 3.8) is 0 Å². The summed E-state index contributed by atoms with van der Waals surface area (Å²) >= 11 is 1.76. The summed E-state index contributed by atoms with van der Waals surface area (Å²) in [4.78, 5) is 19.1. The maximum absolute atomic E-state index is 12.8. The molecule has 1 amide bonds. The number of amides is 1. The first-order valence-corrected chi connectivity index (χ1v) is 12.0. The quantitative estimate of drug-likeness (QED) is 0.555. The Morgan fingerprint density at radius 1 is 1.00 bits per heavy atom. The minimum atomic E-state index is 0.0164. The third-order valence-electron chi connectivity index (χ3n) is 6.05. The molecule has 1 fully saturated rings. The zero-order valence-corrected chi connectivity index (χ0v) is 19.6. The molecule has 0 radical (unpaired) electrons. The number of nitrogens with one attached hydrogen (secondary N) is 1. The highest BCUT2D eigenvalue weighted by molar-refractivity contribution is 7.10. The first kappa shape index (κ1) is 22.4. The fourth-order valence-electron chi connectivity index (χ4n) is 4.41. The topological polar surface area (TPSA) is 44.8 Å². The van der Waals surface area contributed by atoms with Gasteiger partial charge in [-0.1, -0.05) is 36.4 Å². The number of carbonyl (C=O) groups is 1. The maximum atomic E-state index is 12.8. The van der Waals surface area contributed by atoms with Crippen LogP contribution < -0.4 is 15.0 Å². The highest BCUT2D eigenvalue weighted by Crippen LogP contribution is 2.30. The summed E-state index contributed by atoms with van der Waals surface area (Å²) in [6.07, 6.45) is 0.368. The number of methoxy groups -OCH3 is 1. The number of nitrogens with zero attached hydrogens (tertiary/aromatic N) is 2. The fourth-order valence-corrected chi connectivity index (χ4v) is 5.38. The van der Waals surface area contributed by atoms with Gasteiger partial charge >= 0.3 is 0 Å². The lowest BCUT2D eigenvalue weighted by atomic mass is 10.0. The molecule has 5 nitrogen and oxygen atoms in total. The summed E-state index contributed by atoms with van der Waals surface area (Å²) in [7, 11) is 1.65. The Hall–Kier alpha value is -2.83. The zero-order valence-electron chi connectivity index (χ0n) is 18.7. The molecule has 2 atom stereocenters. The SMILES string of the molecule is COc1ccc(CC(=O)NC(C)C(c2cccs2)N2CCN(c3ccccc3)CC2)cc1. The summed E-state index contributed by atoms with van der Waals surface area (Å²) in [5, 5.41) is 5.39. The van der Waals surface area contributed by atoms with Crippen molar-refractivity contribution in [3.8, 4) is 5.75 Å². The third-order valence-corrected chi connectivity index (χ3v) is 6.99. The van der Waals surface area contributed by atoms with Gasteiger partial charge in [-0.05, 0) is 48.2 Å². The van der Waals surface area contributed by atoms with E-state index in [-0.39, 0.29) is 18.0 Å². The van der Waals surface area contributed by atoms with Crippen LogP contribution in [0.2, 0.25) is 0 Å². The minimum absolute atomic E-state index is 0.0164. The van der Waals surface area contributed by atoms with E-state index in [9.17, 15) is 4.79 Å². The predicted molar refractivity (Wildman–Crippen MR) is 132 cm³/mol. The lowest BCUT2D eigenvalue weighted by Gasteiger charge is -2.42. The summed E-state index contributed by atoms with van der Waals surface area (Å²) in [6, 6.07) is 22.8. The van der Waals surface area contributed by atoms with Crippen LogP contribution in [0.5, 0.6) is 5.75 Å². The van der Waals surface area contributed by atoms with Gasteiger partial charge in [0.05, 0.1) is 19.6 Å². The van der Waals surface area contributed by atoms with E-state index in [1.807, 2.05) is 24.3 Å². The Bertz CT molecular complexity index is 968. The number of anilines is 1. The number of ether oxygens (including phenoxy) is 1. The van der Waals surface area contributed by atoms with Crippen molar-refractivity contribution in [2.75, 3.05) is 38.2 Å². The monoisotopic (exact) mass is 449 g/mol. The van der Waals surface area contributed by atoms with Crippen LogP contribution in [0.3, 0.4) is 0 Å². The number of hydrogen-bond acceptors (Lipinski definition) is 5. The molecule has 168 valence electrons. The van der Waals surface area contributed by atoms with E-state index >= 15 is 0 Å². The van der Waals surface area contributed by atoms with Crippen molar-refractivity contribution >= 4 is 22.9 Å². The molecule has 4 rings (SSSR count). The van der Waals surface area contributed by atoms with Crippen LogP contribution in [-0.4, -0.2) is 50.1 Å². The molecule has 1 aliphatic rings. The van der Waals surface area contributed by atoms with Gasteiger partial charge in [-0.2, -0.15) is 0 Å². The van der Waals surface area contributed by atoms with Gasteiger partial charge in [0.25, 0.3) is 0 Å². The van der Waals surface area contributed by atoms with E-state index in [1.54, 1.807) is 18.4 Å². The predicted octanol–water partition coefficient (Wildman–Crippen LogP) is 4.37. The van der Waals surface area contributed by atoms with Crippen molar-refractivity contribution in [1.29, 1.82) is 0 Å². The molecule has 2 heterocycles. The summed E-state index contributed by atoms with van der Waals surface area (Å²) in [5.41, 5.74) is 2.26. The average molecular weight is 450 g/mol. The van der Waals surface area contributed by atoms with Crippen LogP contribution in [0.15, 0.2) is 72.1 Å². The van der Waals surface area contributed by atoms with E-state index in [0.717, 1.165) is 37.5 Å². The molecule has 2 unspecified atom stereocenters. The molecule has 1 N–H and O–H groups in total. The molecule has 0 saturated carbocycles. The van der Waals surface area contributed by atoms with E-state index < -0.39 is 0 Å². The molecule has 2 aromatic carbocycles. The lowest BCUT2D eigenvalue weighted by Crippen LogP contribution is -2.52. The number of rotatable bonds is 8. The fraction of sp³-hybridized carbons (Fsp3) is 0.346. The number of thiophene rings is 1. The highest BCUT2D eigenvalue weighted by atomic mass is 32.1. The first-order valence-electron chi connectivity index (χ1n) is 11.1. The second-order valence-electron chi connectivity index (χ2n) is 8.20. The van der Waals surface area contributed by atoms with Gasteiger partial charge in [0.15, 0.2) is 0 Å². The average Bonchev–Trinajstić information content (AvgIpc) is 3.35. The van der Waals surface area contributed by atoms with Gasteiger partial charge in [-0.25, -0.2) is 0 Å². The lowest BCUT2D eigenvalue weighted by molar-refractivity contribution is -0.121. The van der Waals surface area contributed by atoms with Crippen molar-refractivity contribution < 1.29 is 9.53 Å². The Morgan fingerprint density at radius 3 is 2.34 bits per heavy atom. The van der Waals surface area contributed by atoms with Gasteiger partial charge in [0, 0.05) is 42.8 Å². The van der Waals surface area contributed by atoms with Crippen LogP contribution >= 0.6 is 11.3 Å². The van der Waals surface area contributed by atoms with Gasteiger partial charge < -0.3 is 15.0 Å².